The lowest BCUT2D eigenvalue weighted by Crippen LogP contribution is -2.36. The van der Waals surface area contributed by atoms with E-state index in [1.165, 1.54) is 6.92 Å². The topological polar surface area (TPSA) is 98.9 Å². The summed E-state index contributed by atoms with van der Waals surface area (Å²) >= 11 is 0. The number of aliphatic hydroxyl groups is 1. The highest BCUT2D eigenvalue weighted by atomic mass is 31.2. The van der Waals surface area contributed by atoms with Crippen LogP contribution in [0.15, 0.2) is 0 Å². The number of nitrogens with zero attached hydrogens (tertiary/aromatic N) is 1. The minimum absolute atomic E-state index is 0.414. The minimum Gasteiger partial charge on any atom is -0.395 e. The monoisotopic (exact) mass is 283 g/mol. The van der Waals surface area contributed by atoms with E-state index >= 15 is 0 Å². The molecule has 0 aliphatic rings. The molecule has 0 bridgehead atoms. The molecule has 0 rings (SSSR count). The first kappa shape index (κ1) is 17.5. The summed E-state index contributed by atoms with van der Waals surface area (Å²) in [6.45, 7) is 7.27. The number of rotatable bonds is 8. The Morgan fingerprint density at radius 2 is 1.56 bits per heavy atom. The first-order valence-corrected chi connectivity index (χ1v) is 7.46. The van der Waals surface area contributed by atoms with E-state index in [9.17, 15) is 19.8 Å². The lowest BCUT2D eigenvalue weighted by atomic mass is 10.2. The van der Waals surface area contributed by atoms with Crippen LogP contribution in [0.1, 0.15) is 34.6 Å². The maximum absolute atomic E-state index is 12.6. The fraction of sp³-hybridized carbons (Fsp3) is 1.00. The molecule has 0 spiro atoms. The zero-order chi connectivity index (χ0) is 14.5. The highest BCUT2D eigenvalue weighted by Crippen LogP contribution is 2.56. The van der Waals surface area contributed by atoms with Crippen molar-refractivity contribution in [2.45, 2.75) is 58.5 Å². The third-order valence-electron chi connectivity index (χ3n) is 2.20. The van der Waals surface area contributed by atoms with Gasteiger partial charge >= 0.3 is 7.60 Å². The Morgan fingerprint density at radius 3 is 1.78 bits per heavy atom. The van der Waals surface area contributed by atoms with E-state index in [1.54, 1.807) is 27.7 Å². The summed E-state index contributed by atoms with van der Waals surface area (Å²) < 4.78 is 23.1. The van der Waals surface area contributed by atoms with E-state index in [-0.39, 0.29) is 0 Å². The van der Waals surface area contributed by atoms with Crippen LogP contribution < -0.4 is 0 Å². The predicted octanol–water partition coefficient (Wildman–Crippen LogP) is 2.06. The standard InChI is InChI=1S/C10H22NO6P/c1-7(2)16-18(15,17-8(3)4)10(6-12)9(5)11(13)14/h7-10,12H,6H2,1-5H3. The molecule has 0 aromatic carbocycles. The van der Waals surface area contributed by atoms with Crippen LogP contribution in [0.2, 0.25) is 0 Å². The summed E-state index contributed by atoms with van der Waals surface area (Å²) in [5, 5.41) is 20.1. The van der Waals surface area contributed by atoms with E-state index in [0.717, 1.165) is 0 Å². The lowest BCUT2D eigenvalue weighted by Gasteiger charge is -2.28. The largest absolute Gasteiger partial charge is 0.395 e. The van der Waals surface area contributed by atoms with Crippen molar-refractivity contribution < 1.29 is 23.6 Å². The summed E-state index contributed by atoms with van der Waals surface area (Å²) in [6, 6.07) is -1.21. The first-order valence-electron chi connectivity index (χ1n) is 5.85. The zero-order valence-corrected chi connectivity index (χ0v) is 12.3. The molecule has 2 unspecified atom stereocenters. The summed E-state index contributed by atoms with van der Waals surface area (Å²) in [5.74, 6) is 0. The second-order valence-electron chi connectivity index (χ2n) is 4.62. The van der Waals surface area contributed by atoms with Gasteiger partial charge in [-0.15, -0.1) is 0 Å². The van der Waals surface area contributed by atoms with Crippen molar-refractivity contribution >= 4 is 7.60 Å². The van der Waals surface area contributed by atoms with Crippen molar-refractivity contribution in [3.8, 4) is 0 Å². The van der Waals surface area contributed by atoms with Crippen LogP contribution in [-0.2, 0) is 13.6 Å². The molecule has 108 valence electrons. The maximum atomic E-state index is 12.6. The van der Waals surface area contributed by atoms with E-state index in [1.807, 2.05) is 0 Å². The zero-order valence-electron chi connectivity index (χ0n) is 11.4. The van der Waals surface area contributed by atoms with Gasteiger partial charge in [0.25, 0.3) is 0 Å². The molecule has 0 amide bonds. The molecule has 0 aromatic rings. The maximum Gasteiger partial charge on any atom is 0.343 e. The lowest BCUT2D eigenvalue weighted by molar-refractivity contribution is -0.518. The van der Waals surface area contributed by atoms with Gasteiger partial charge in [0.2, 0.25) is 6.04 Å². The number of hydrogen-bond acceptors (Lipinski definition) is 6. The first-order chi connectivity index (χ1) is 8.14. The smallest absolute Gasteiger partial charge is 0.343 e. The Balaban J connectivity index is 5.24. The molecule has 0 heterocycles. The quantitative estimate of drug-likeness (QED) is 0.416. The Labute approximate surface area is 107 Å². The fourth-order valence-corrected chi connectivity index (χ4v) is 3.80. The average Bonchev–Trinajstić information content (AvgIpc) is 2.14. The normalized spacial score (nSPS) is 16.0. The van der Waals surface area contributed by atoms with Crippen LogP contribution in [0.5, 0.6) is 0 Å². The average molecular weight is 283 g/mol. The molecule has 0 aliphatic carbocycles. The van der Waals surface area contributed by atoms with Crippen LogP contribution >= 0.6 is 7.60 Å². The van der Waals surface area contributed by atoms with Crippen LogP contribution in [0.25, 0.3) is 0 Å². The van der Waals surface area contributed by atoms with Gasteiger partial charge in [-0.25, -0.2) is 0 Å². The second kappa shape index (κ2) is 7.19. The molecule has 0 aromatic heterocycles. The summed E-state index contributed by atoms with van der Waals surface area (Å²) in [7, 11) is -3.74. The minimum atomic E-state index is -3.74. The third-order valence-corrected chi connectivity index (χ3v) is 5.04. The molecule has 18 heavy (non-hydrogen) atoms. The molecule has 0 aliphatic heterocycles. The molecule has 1 N–H and O–H groups in total. The van der Waals surface area contributed by atoms with Gasteiger partial charge in [-0.3, -0.25) is 14.7 Å². The third kappa shape index (κ3) is 5.02. The Hall–Kier alpha value is -0.490. The molecule has 0 fully saturated rings. The molecule has 0 radical (unpaired) electrons. The molecular weight excluding hydrogens is 261 g/mol. The van der Waals surface area contributed by atoms with Gasteiger partial charge in [-0.1, -0.05) is 0 Å². The number of nitro groups is 1. The van der Waals surface area contributed by atoms with Crippen LogP contribution in [-0.4, -0.2) is 40.5 Å². The van der Waals surface area contributed by atoms with Crippen LogP contribution in [0, 0.1) is 10.1 Å². The Bertz CT molecular complexity index is 305. The highest BCUT2D eigenvalue weighted by molar-refractivity contribution is 7.54. The van der Waals surface area contributed by atoms with Crippen molar-refractivity contribution in [3.05, 3.63) is 10.1 Å². The van der Waals surface area contributed by atoms with Crippen molar-refractivity contribution in [1.29, 1.82) is 0 Å². The molecule has 7 nitrogen and oxygen atoms in total. The van der Waals surface area contributed by atoms with Gasteiger partial charge in [0.1, 0.15) is 0 Å². The van der Waals surface area contributed by atoms with E-state index in [0.29, 0.717) is 0 Å². The predicted molar refractivity (Wildman–Crippen MR) is 67.4 cm³/mol. The summed E-state index contributed by atoms with van der Waals surface area (Å²) in [6.07, 6.45) is -0.829. The highest BCUT2D eigenvalue weighted by Gasteiger charge is 2.46. The SMILES string of the molecule is CC(C)OP(=O)(OC(C)C)C(CO)C(C)[N+](=O)[O-]. The molecule has 0 saturated carbocycles. The van der Waals surface area contributed by atoms with Gasteiger partial charge in [-0.05, 0) is 27.7 Å². The molecular formula is C10H22NO6P. The van der Waals surface area contributed by atoms with Gasteiger partial charge in [0.05, 0.1) is 18.8 Å². The fourth-order valence-electron chi connectivity index (χ4n) is 1.43. The van der Waals surface area contributed by atoms with Gasteiger partial charge in [-0.2, -0.15) is 0 Å². The van der Waals surface area contributed by atoms with Gasteiger partial charge < -0.3 is 14.2 Å². The van der Waals surface area contributed by atoms with Crippen LogP contribution in [0.3, 0.4) is 0 Å². The van der Waals surface area contributed by atoms with Crippen LogP contribution in [0.4, 0.5) is 0 Å². The molecule has 0 saturated heterocycles. The Kier molecular flexibility index (Phi) is 6.99. The second-order valence-corrected chi connectivity index (χ2v) is 6.79. The number of aliphatic hydroxyl groups excluding tert-OH is 1. The van der Waals surface area contributed by atoms with Crippen molar-refractivity contribution in [1.82, 2.24) is 0 Å². The van der Waals surface area contributed by atoms with E-state index < -0.39 is 43.0 Å². The van der Waals surface area contributed by atoms with E-state index in [2.05, 4.69) is 0 Å². The van der Waals surface area contributed by atoms with Crippen molar-refractivity contribution in [3.63, 3.8) is 0 Å². The summed E-state index contributed by atoms with van der Waals surface area (Å²) in [4.78, 5) is 10.2. The Morgan fingerprint density at radius 1 is 1.17 bits per heavy atom. The van der Waals surface area contributed by atoms with Crippen molar-refractivity contribution in [2.24, 2.45) is 0 Å². The van der Waals surface area contributed by atoms with Gasteiger partial charge in [0, 0.05) is 11.8 Å². The van der Waals surface area contributed by atoms with Gasteiger partial charge in [0.15, 0.2) is 5.66 Å². The van der Waals surface area contributed by atoms with Crippen molar-refractivity contribution in [2.75, 3.05) is 6.61 Å². The number of hydrogen-bond donors (Lipinski definition) is 1. The molecule has 2 atom stereocenters. The van der Waals surface area contributed by atoms with E-state index in [4.69, 9.17) is 9.05 Å². The molecule has 8 heteroatoms. The summed E-state index contributed by atoms with van der Waals surface area (Å²) in [5.41, 5.74) is -1.17.